The number of fused-ring (bicyclic) bond motifs is 4. The quantitative estimate of drug-likeness (QED) is 0.293. The Morgan fingerprint density at radius 1 is 1.10 bits per heavy atom. The molecule has 0 N–H and O–H groups in total. The number of esters is 1. The summed E-state index contributed by atoms with van der Waals surface area (Å²) >= 11 is 0. The summed E-state index contributed by atoms with van der Waals surface area (Å²) < 4.78 is 11.8. The van der Waals surface area contributed by atoms with Crippen LogP contribution in [0.1, 0.15) is 77.2 Å². The molecule has 0 amide bonds. The monoisotopic (exact) mass is 548 g/mol. The maximum Gasteiger partial charge on any atom is 0.303 e. The lowest BCUT2D eigenvalue weighted by atomic mass is 9.50. The van der Waals surface area contributed by atoms with Crippen LogP contribution in [-0.2, 0) is 23.9 Å². The van der Waals surface area contributed by atoms with Crippen molar-refractivity contribution in [2.24, 2.45) is 22.4 Å². The van der Waals surface area contributed by atoms with Crippen LogP contribution >= 0.6 is 0 Å². The van der Waals surface area contributed by atoms with E-state index >= 15 is 0 Å². The Morgan fingerprint density at radius 3 is 2.50 bits per heavy atom. The Kier molecular flexibility index (Phi) is 7.97. The van der Waals surface area contributed by atoms with Gasteiger partial charge in [0.05, 0.1) is 5.71 Å². The van der Waals surface area contributed by atoms with Crippen LogP contribution < -0.4 is 4.90 Å². The van der Waals surface area contributed by atoms with Crippen molar-refractivity contribution < 1.29 is 23.9 Å². The van der Waals surface area contributed by atoms with Crippen molar-refractivity contribution in [2.75, 3.05) is 39.3 Å². The summed E-state index contributed by atoms with van der Waals surface area (Å²) in [6.07, 6.45) is 8.23. The first-order chi connectivity index (χ1) is 19.1. The van der Waals surface area contributed by atoms with E-state index in [1.165, 1.54) is 29.2 Å². The topological polar surface area (TPSA) is 77.4 Å². The molecule has 0 bridgehead atoms. The lowest BCUT2D eigenvalue weighted by Crippen LogP contribution is -2.58. The standard InChI is InChI=1S/C33H44N2O5/c1-7-39-20-30(37)33(40-21(2)36)17-16-29-27-14-10-23-18-24(34-38-6)11-15-26(23)31(27)28(19-32(29,33)3)22-8-12-25(13-9-22)35(4)5/h8-9,12-13,18,27-29H,7,10-11,14-17,19-20H2,1-6H3/t27?,28?,29?,32-,33-/m0/s1. The molecule has 2 fully saturated rings. The molecule has 4 aliphatic rings. The number of nitrogens with zero attached hydrogens (tertiary/aromatic N) is 2. The van der Waals surface area contributed by atoms with Crippen LogP contribution in [-0.4, -0.2) is 57.5 Å². The molecule has 1 aromatic carbocycles. The van der Waals surface area contributed by atoms with Crippen molar-refractivity contribution in [3.05, 3.63) is 52.6 Å². The van der Waals surface area contributed by atoms with E-state index in [-0.39, 0.29) is 24.2 Å². The van der Waals surface area contributed by atoms with Gasteiger partial charge in [-0.1, -0.05) is 29.8 Å². The molecule has 216 valence electrons. The zero-order valence-corrected chi connectivity index (χ0v) is 24.9. The lowest BCUT2D eigenvalue weighted by Gasteiger charge is -2.55. The summed E-state index contributed by atoms with van der Waals surface area (Å²) in [5, 5.41) is 4.25. The van der Waals surface area contributed by atoms with Crippen LogP contribution in [0.25, 0.3) is 0 Å². The molecule has 4 aliphatic carbocycles. The zero-order chi connectivity index (χ0) is 28.7. The molecule has 5 rings (SSSR count). The number of ether oxygens (including phenoxy) is 2. The van der Waals surface area contributed by atoms with Crippen molar-refractivity contribution in [3.63, 3.8) is 0 Å². The van der Waals surface area contributed by atoms with Crippen molar-refractivity contribution >= 4 is 23.2 Å². The van der Waals surface area contributed by atoms with Crippen molar-refractivity contribution in [3.8, 4) is 0 Å². The molecule has 0 saturated heterocycles. The molecule has 0 radical (unpaired) electrons. The number of hydrogen-bond acceptors (Lipinski definition) is 7. The minimum atomic E-state index is -1.17. The Morgan fingerprint density at radius 2 is 1.85 bits per heavy atom. The average molecular weight is 549 g/mol. The van der Waals surface area contributed by atoms with Gasteiger partial charge in [0.15, 0.2) is 5.60 Å². The second-order valence-corrected chi connectivity index (χ2v) is 12.3. The summed E-state index contributed by atoms with van der Waals surface area (Å²) in [4.78, 5) is 33.7. The second-order valence-electron chi connectivity index (χ2n) is 12.3. The number of Topliss-reactive ketones (excluding diaryl/α,β-unsaturated/α-hetero) is 1. The first-order valence-electron chi connectivity index (χ1n) is 14.8. The fourth-order valence-corrected chi connectivity index (χ4v) is 8.39. The molecule has 5 atom stereocenters. The van der Waals surface area contributed by atoms with Crippen LogP contribution in [0.15, 0.2) is 52.2 Å². The largest absolute Gasteiger partial charge is 0.451 e. The molecule has 0 spiro atoms. The fraction of sp³-hybridized carbons (Fsp3) is 0.606. The van der Waals surface area contributed by atoms with Crippen LogP contribution in [0.2, 0.25) is 0 Å². The van der Waals surface area contributed by atoms with Gasteiger partial charge in [-0.25, -0.2) is 0 Å². The van der Waals surface area contributed by atoms with Crippen LogP contribution in [0.3, 0.4) is 0 Å². The molecular formula is C33H44N2O5. The Bertz CT molecular complexity index is 1250. The predicted octanol–water partition coefficient (Wildman–Crippen LogP) is 5.99. The molecule has 40 heavy (non-hydrogen) atoms. The molecule has 0 heterocycles. The third-order valence-electron chi connectivity index (χ3n) is 10.1. The highest BCUT2D eigenvalue weighted by atomic mass is 16.6. The molecule has 7 nitrogen and oxygen atoms in total. The highest BCUT2D eigenvalue weighted by Crippen LogP contribution is 2.67. The van der Waals surface area contributed by atoms with E-state index in [0.717, 1.165) is 49.9 Å². The van der Waals surface area contributed by atoms with Gasteiger partial charge in [0.1, 0.15) is 13.7 Å². The predicted molar refractivity (Wildman–Crippen MR) is 156 cm³/mol. The van der Waals surface area contributed by atoms with Crippen molar-refractivity contribution in [1.29, 1.82) is 0 Å². The third kappa shape index (κ3) is 4.70. The number of benzene rings is 1. The number of oxime groups is 1. The summed E-state index contributed by atoms with van der Waals surface area (Å²) in [5.74, 6) is 0.237. The number of hydrogen-bond donors (Lipinski definition) is 0. The summed E-state index contributed by atoms with van der Waals surface area (Å²) in [5.41, 5.74) is 6.14. The molecule has 0 aromatic heterocycles. The first kappa shape index (κ1) is 28.6. The van der Waals surface area contributed by atoms with Gasteiger partial charge in [-0.05, 0) is 98.6 Å². The summed E-state index contributed by atoms with van der Waals surface area (Å²) in [6.45, 7) is 5.96. The fourth-order valence-electron chi connectivity index (χ4n) is 8.39. The average Bonchev–Trinajstić information content (AvgIpc) is 3.23. The van der Waals surface area contributed by atoms with E-state index in [1.54, 1.807) is 7.11 Å². The van der Waals surface area contributed by atoms with Crippen LogP contribution in [0.5, 0.6) is 0 Å². The van der Waals surface area contributed by atoms with Gasteiger partial charge in [0.25, 0.3) is 0 Å². The third-order valence-corrected chi connectivity index (χ3v) is 10.1. The Labute approximate surface area is 238 Å². The minimum Gasteiger partial charge on any atom is -0.451 e. The van der Waals surface area contributed by atoms with Gasteiger partial charge >= 0.3 is 5.97 Å². The molecule has 1 aromatic rings. The van der Waals surface area contributed by atoms with E-state index < -0.39 is 17.0 Å². The van der Waals surface area contributed by atoms with Gasteiger partial charge in [-0.2, -0.15) is 0 Å². The number of rotatable bonds is 8. The van der Waals surface area contributed by atoms with E-state index in [4.69, 9.17) is 14.3 Å². The summed E-state index contributed by atoms with van der Waals surface area (Å²) in [6, 6.07) is 8.86. The van der Waals surface area contributed by atoms with Crippen LogP contribution in [0.4, 0.5) is 5.69 Å². The Balaban J connectivity index is 1.66. The number of carbonyl (C=O) groups excluding carboxylic acids is 2. The zero-order valence-electron chi connectivity index (χ0n) is 24.9. The van der Waals surface area contributed by atoms with Crippen LogP contribution in [0, 0.1) is 17.3 Å². The van der Waals surface area contributed by atoms with Gasteiger partial charge < -0.3 is 19.2 Å². The highest BCUT2D eigenvalue weighted by molar-refractivity contribution is 5.97. The maximum atomic E-state index is 13.9. The molecule has 2 saturated carbocycles. The van der Waals surface area contributed by atoms with E-state index in [1.807, 2.05) is 6.92 Å². The number of ketones is 1. The molecule has 7 heteroatoms. The smallest absolute Gasteiger partial charge is 0.303 e. The van der Waals surface area contributed by atoms with Crippen molar-refractivity contribution in [1.82, 2.24) is 0 Å². The van der Waals surface area contributed by atoms with Gasteiger partial charge in [0, 0.05) is 44.6 Å². The molecular weight excluding hydrogens is 504 g/mol. The van der Waals surface area contributed by atoms with Gasteiger partial charge in [-0.3, -0.25) is 9.59 Å². The van der Waals surface area contributed by atoms with Crippen molar-refractivity contribution in [2.45, 2.75) is 77.2 Å². The normalized spacial score (nSPS) is 32.1. The van der Waals surface area contributed by atoms with Gasteiger partial charge in [-0.15, -0.1) is 0 Å². The highest BCUT2D eigenvalue weighted by Gasteiger charge is 2.68. The molecule has 3 unspecified atom stereocenters. The first-order valence-corrected chi connectivity index (χ1v) is 14.8. The number of anilines is 1. The van der Waals surface area contributed by atoms with Gasteiger partial charge in [0.2, 0.25) is 5.78 Å². The lowest BCUT2D eigenvalue weighted by molar-refractivity contribution is -0.185. The summed E-state index contributed by atoms with van der Waals surface area (Å²) in [7, 11) is 5.71. The number of allylic oxidation sites excluding steroid dienone is 4. The van der Waals surface area contributed by atoms with E-state index in [9.17, 15) is 9.59 Å². The van der Waals surface area contributed by atoms with E-state index in [2.05, 4.69) is 61.4 Å². The minimum absolute atomic E-state index is 0.0264. The number of carbonyl (C=O) groups is 2. The molecule has 0 aliphatic heterocycles. The maximum absolute atomic E-state index is 13.9. The van der Waals surface area contributed by atoms with E-state index in [0.29, 0.717) is 18.9 Å². The SMILES string of the molecule is CCOCC(=O)[C@@]1(OC(C)=O)CCC2C3CCC4=CC(=NOC)CCC4=C3C(c3ccc(N(C)C)cc3)C[C@@]21C. The second kappa shape index (κ2) is 11.2. The Hall–Kier alpha value is -2.93.